The van der Waals surface area contributed by atoms with Crippen molar-refractivity contribution in [3.63, 3.8) is 0 Å². The molecule has 0 aliphatic heterocycles. The zero-order valence-corrected chi connectivity index (χ0v) is 13.3. The molecule has 2 N–H and O–H groups in total. The Balaban J connectivity index is 2.80. The van der Waals surface area contributed by atoms with Gasteiger partial charge in [0.05, 0.1) is 13.2 Å². The molecule has 0 saturated carbocycles. The van der Waals surface area contributed by atoms with Gasteiger partial charge in [-0.05, 0) is 44.9 Å². The highest BCUT2D eigenvalue weighted by atomic mass is 16.5. The lowest BCUT2D eigenvalue weighted by molar-refractivity contribution is -0.127. The van der Waals surface area contributed by atoms with Crippen LogP contribution >= 0.6 is 0 Å². The van der Waals surface area contributed by atoms with Crippen LogP contribution in [-0.4, -0.2) is 30.3 Å². The third-order valence-corrected chi connectivity index (χ3v) is 3.34. The van der Waals surface area contributed by atoms with Crippen molar-refractivity contribution in [2.45, 2.75) is 52.4 Å². The number of ether oxygens (including phenoxy) is 2. The number of hydrogen-bond acceptors (Lipinski definition) is 4. The number of carbonyl (C=O) groups is 1. The van der Waals surface area contributed by atoms with E-state index in [1.165, 1.54) is 7.11 Å². The third-order valence-electron chi connectivity index (χ3n) is 3.34. The maximum Gasteiger partial charge on any atom is 0.260 e. The summed E-state index contributed by atoms with van der Waals surface area (Å²) < 4.78 is 10.9. The minimum absolute atomic E-state index is 0.114. The van der Waals surface area contributed by atoms with Gasteiger partial charge in [0, 0.05) is 6.04 Å². The fourth-order valence-electron chi connectivity index (χ4n) is 1.75. The molecule has 0 radical (unpaired) electrons. The molecule has 3 atom stereocenters. The van der Waals surface area contributed by atoms with E-state index in [1.54, 1.807) is 32.0 Å². The third kappa shape index (κ3) is 4.93. The Morgan fingerprint density at radius 2 is 1.95 bits per heavy atom. The van der Waals surface area contributed by atoms with Gasteiger partial charge in [-0.25, -0.2) is 0 Å². The number of methoxy groups -OCH3 is 1. The molecule has 0 saturated heterocycles. The first-order chi connectivity index (χ1) is 9.88. The van der Waals surface area contributed by atoms with Gasteiger partial charge in [-0.3, -0.25) is 4.79 Å². The normalized spacial score (nSPS) is 15.0. The molecule has 1 aromatic carbocycles. The average molecular weight is 295 g/mol. The van der Waals surface area contributed by atoms with Crippen LogP contribution in [0.1, 0.15) is 45.8 Å². The lowest BCUT2D eigenvalue weighted by atomic mass is 10.1. The van der Waals surface area contributed by atoms with Crippen LogP contribution < -0.4 is 14.8 Å². The SMILES string of the molecule is CCC(C)NC(=O)C(C)Oc1ccc([C@H](C)O)cc1OC. The van der Waals surface area contributed by atoms with E-state index in [2.05, 4.69) is 5.32 Å². The lowest BCUT2D eigenvalue weighted by Crippen LogP contribution is -2.41. The monoisotopic (exact) mass is 295 g/mol. The van der Waals surface area contributed by atoms with E-state index in [1.807, 2.05) is 13.8 Å². The van der Waals surface area contributed by atoms with Crippen molar-refractivity contribution in [3.8, 4) is 11.5 Å². The summed E-state index contributed by atoms with van der Waals surface area (Å²) in [7, 11) is 1.53. The standard InChI is InChI=1S/C16H25NO4/c1-6-10(2)17-16(19)12(4)21-14-8-7-13(11(3)18)9-15(14)20-5/h7-12,18H,6H2,1-5H3,(H,17,19)/t10?,11-,12?/m0/s1. The fourth-order valence-corrected chi connectivity index (χ4v) is 1.75. The minimum Gasteiger partial charge on any atom is -0.493 e. The first kappa shape index (κ1) is 17.3. The number of benzene rings is 1. The van der Waals surface area contributed by atoms with Crippen LogP contribution in [0.2, 0.25) is 0 Å². The average Bonchev–Trinajstić information content (AvgIpc) is 2.46. The summed E-state index contributed by atoms with van der Waals surface area (Å²) in [5.74, 6) is 0.816. The Morgan fingerprint density at radius 3 is 2.48 bits per heavy atom. The van der Waals surface area contributed by atoms with Gasteiger partial charge in [-0.15, -0.1) is 0 Å². The predicted octanol–water partition coefficient (Wildman–Crippen LogP) is 2.43. The molecule has 1 rings (SSSR count). The van der Waals surface area contributed by atoms with E-state index >= 15 is 0 Å². The number of nitrogens with one attached hydrogen (secondary N) is 1. The summed E-state index contributed by atoms with van der Waals surface area (Å²) in [4.78, 5) is 12.0. The maximum absolute atomic E-state index is 12.0. The highest BCUT2D eigenvalue weighted by molar-refractivity contribution is 5.81. The number of rotatable bonds is 7. The van der Waals surface area contributed by atoms with Gasteiger partial charge in [0.2, 0.25) is 0 Å². The van der Waals surface area contributed by atoms with E-state index in [9.17, 15) is 9.90 Å². The minimum atomic E-state index is -0.620. The number of carbonyl (C=O) groups excluding carboxylic acids is 1. The second-order valence-electron chi connectivity index (χ2n) is 5.16. The van der Waals surface area contributed by atoms with Gasteiger partial charge >= 0.3 is 0 Å². The highest BCUT2D eigenvalue weighted by Gasteiger charge is 2.18. The molecule has 0 heterocycles. The molecule has 1 aromatic rings. The van der Waals surface area contributed by atoms with Crippen molar-refractivity contribution in [1.82, 2.24) is 5.32 Å². The zero-order chi connectivity index (χ0) is 16.0. The number of aliphatic hydroxyl groups is 1. The van der Waals surface area contributed by atoms with Crippen LogP contribution in [0.3, 0.4) is 0 Å². The Hall–Kier alpha value is -1.75. The van der Waals surface area contributed by atoms with Gasteiger partial charge in [-0.2, -0.15) is 0 Å². The van der Waals surface area contributed by atoms with Crippen LogP contribution in [0.25, 0.3) is 0 Å². The van der Waals surface area contributed by atoms with Crippen LogP contribution in [-0.2, 0) is 4.79 Å². The summed E-state index contributed by atoms with van der Waals surface area (Å²) in [6.45, 7) is 7.33. The number of hydrogen-bond donors (Lipinski definition) is 2. The molecule has 5 heteroatoms. The number of amides is 1. The molecular formula is C16H25NO4. The molecule has 0 bridgehead atoms. The van der Waals surface area contributed by atoms with Crippen molar-refractivity contribution >= 4 is 5.91 Å². The van der Waals surface area contributed by atoms with Gasteiger partial charge < -0.3 is 19.9 Å². The Kier molecular flexibility index (Phi) is 6.49. The first-order valence-electron chi connectivity index (χ1n) is 7.22. The number of aliphatic hydroxyl groups excluding tert-OH is 1. The quantitative estimate of drug-likeness (QED) is 0.810. The molecule has 0 aliphatic carbocycles. The van der Waals surface area contributed by atoms with Crippen LogP contribution in [0.5, 0.6) is 11.5 Å². The summed E-state index contributed by atoms with van der Waals surface area (Å²) in [6, 6.07) is 5.28. The van der Waals surface area contributed by atoms with E-state index in [0.29, 0.717) is 11.5 Å². The largest absolute Gasteiger partial charge is 0.493 e. The molecule has 118 valence electrons. The molecule has 0 fully saturated rings. The van der Waals surface area contributed by atoms with Crippen LogP contribution in [0.4, 0.5) is 0 Å². The smallest absolute Gasteiger partial charge is 0.260 e. The van der Waals surface area contributed by atoms with Crippen molar-refractivity contribution in [2.75, 3.05) is 7.11 Å². The zero-order valence-electron chi connectivity index (χ0n) is 13.3. The van der Waals surface area contributed by atoms with Crippen LogP contribution in [0.15, 0.2) is 18.2 Å². The topological polar surface area (TPSA) is 67.8 Å². The van der Waals surface area contributed by atoms with Gasteiger partial charge in [0.25, 0.3) is 5.91 Å². The molecule has 5 nitrogen and oxygen atoms in total. The molecule has 2 unspecified atom stereocenters. The van der Waals surface area contributed by atoms with E-state index in [0.717, 1.165) is 12.0 Å². The second-order valence-corrected chi connectivity index (χ2v) is 5.16. The first-order valence-corrected chi connectivity index (χ1v) is 7.22. The summed E-state index contributed by atoms with van der Waals surface area (Å²) in [5, 5.41) is 12.4. The van der Waals surface area contributed by atoms with Crippen molar-refractivity contribution in [3.05, 3.63) is 23.8 Å². The van der Waals surface area contributed by atoms with Crippen LogP contribution in [0, 0.1) is 0 Å². The van der Waals surface area contributed by atoms with E-state index in [-0.39, 0.29) is 11.9 Å². The highest BCUT2D eigenvalue weighted by Crippen LogP contribution is 2.31. The Morgan fingerprint density at radius 1 is 1.29 bits per heavy atom. The second kappa shape index (κ2) is 7.88. The molecule has 1 amide bonds. The van der Waals surface area contributed by atoms with Gasteiger partial charge in [0.1, 0.15) is 0 Å². The summed E-state index contributed by atoms with van der Waals surface area (Å²) in [6.07, 6.45) is -0.338. The Labute approximate surface area is 126 Å². The maximum atomic E-state index is 12.0. The fraction of sp³-hybridized carbons (Fsp3) is 0.562. The molecule has 0 aromatic heterocycles. The molecule has 0 spiro atoms. The predicted molar refractivity (Wildman–Crippen MR) is 81.6 cm³/mol. The van der Waals surface area contributed by atoms with Gasteiger partial charge in [-0.1, -0.05) is 13.0 Å². The van der Waals surface area contributed by atoms with E-state index < -0.39 is 12.2 Å². The lowest BCUT2D eigenvalue weighted by Gasteiger charge is -2.19. The van der Waals surface area contributed by atoms with Crippen molar-refractivity contribution in [1.29, 1.82) is 0 Å². The van der Waals surface area contributed by atoms with Gasteiger partial charge in [0.15, 0.2) is 17.6 Å². The molecular weight excluding hydrogens is 270 g/mol. The van der Waals surface area contributed by atoms with Crippen molar-refractivity contribution in [2.24, 2.45) is 0 Å². The summed E-state index contributed by atoms with van der Waals surface area (Å²) >= 11 is 0. The molecule has 0 aliphatic rings. The van der Waals surface area contributed by atoms with E-state index in [4.69, 9.17) is 9.47 Å². The Bertz CT molecular complexity index is 473. The summed E-state index contributed by atoms with van der Waals surface area (Å²) in [5.41, 5.74) is 0.732. The molecule has 21 heavy (non-hydrogen) atoms. The van der Waals surface area contributed by atoms with Crippen molar-refractivity contribution < 1.29 is 19.4 Å².